The largest absolute Gasteiger partial charge is 0.442 e. The van der Waals surface area contributed by atoms with E-state index in [1.54, 1.807) is 18.2 Å². The summed E-state index contributed by atoms with van der Waals surface area (Å²) in [7, 11) is 0. The molecule has 2 N–H and O–H groups in total. The van der Waals surface area contributed by atoms with Crippen LogP contribution in [0.4, 0.5) is 20.6 Å². The molecule has 0 radical (unpaired) electrons. The normalized spacial score (nSPS) is 24.6. The minimum Gasteiger partial charge on any atom is -0.442 e. The van der Waals surface area contributed by atoms with Crippen molar-refractivity contribution < 1.29 is 23.5 Å². The number of piperidine rings is 1. The SMILES string of the molecule is CC(=O)NC[C@H]1CN(c2ccc([N+]3(C#N)CCC(=CC(=O)NC4CCCCC4)CC3)c(F)c2)C(=O)O1. The zero-order valence-corrected chi connectivity index (χ0v) is 20.6. The number of nitrogens with one attached hydrogen (secondary N) is 2. The van der Waals surface area contributed by atoms with Crippen molar-refractivity contribution in [1.29, 1.82) is 5.26 Å². The number of carbonyl (C=O) groups excluding carboxylic acids is 3. The third-order valence-corrected chi connectivity index (χ3v) is 7.26. The van der Waals surface area contributed by atoms with Crippen LogP contribution < -0.4 is 20.0 Å². The van der Waals surface area contributed by atoms with Crippen molar-refractivity contribution in [2.24, 2.45) is 0 Å². The van der Waals surface area contributed by atoms with Crippen LogP contribution >= 0.6 is 0 Å². The first-order valence-corrected chi connectivity index (χ1v) is 12.6. The van der Waals surface area contributed by atoms with Gasteiger partial charge < -0.3 is 15.4 Å². The van der Waals surface area contributed by atoms with E-state index in [1.165, 1.54) is 24.3 Å². The number of benzene rings is 1. The van der Waals surface area contributed by atoms with Crippen LogP contribution in [-0.2, 0) is 14.3 Å². The van der Waals surface area contributed by atoms with Crippen LogP contribution in [0.2, 0.25) is 0 Å². The molecule has 1 saturated carbocycles. The quantitative estimate of drug-likeness (QED) is 0.355. The Morgan fingerprint density at radius 3 is 2.61 bits per heavy atom. The van der Waals surface area contributed by atoms with E-state index in [0.29, 0.717) is 31.6 Å². The van der Waals surface area contributed by atoms with Crippen LogP contribution in [0.3, 0.4) is 0 Å². The second-order valence-corrected chi connectivity index (χ2v) is 9.85. The standard InChI is InChI=1S/C26H32FN5O4/c1-18(33)29-15-22-16-31(26(35)36-22)21-7-8-24(23(27)14-21)32(17-28)11-9-19(10-12-32)13-25(34)30-20-5-3-2-4-6-20/h7-8,13-14,20,22H,2-6,9-12,15-16H2,1H3,(H-,29,30,33,34)/p+1/t22-,32?/m0/s1. The van der Waals surface area contributed by atoms with Crippen molar-refractivity contribution in [2.45, 2.75) is 64.0 Å². The van der Waals surface area contributed by atoms with Crippen LogP contribution in [0.5, 0.6) is 0 Å². The van der Waals surface area contributed by atoms with Crippen molar-refractivity contribution in [2.75, 3.05) is 31.1 Å². The van der Waals surface area contributed by atoms with Crippen molar-refractivity contribution in [3.63, 3.8) is 0 Å². The van der Waals surface area contributed by atoms with Crippen molar-refractivity contribution in [3.8, 4) is 6.19 Å². The van der Waals surface area contributed by atoms with E-state index in [-0.39, 0.29) is 41.1 Å². The van der Waals surface area contributed by atoms with Gasteiger partial charge in [-0.2, -0.15) is 4.48 Å². The number of hydrogen-bond donors (Lipinski definition) is 2. The van der Waals surface area contributed by atoms with Gasteiger partial charge in [0.05, 0.1) is 18.8 Å². The lowest BCUT2D eigenvalue weighted by Crippen LogP contribution is -2.49. The van der Waals surface area contributed by atoms with Crippen LogP contribution in [0, 0.1) is 17.3 Å². The molecular formula is C26H33FN5O4+. The lowest BCUT2D eigenvalue weighted by atomic mass is 9.95. The van der Waals surface area contributed by atoms with Gasteiger partial charge in [-0.3, -0.25) is 14.5 Å². The van der Waals surface area contributed by atoms with Crippen molar-refractivity contribution in [1.82, 2.24) is 15.1 Å². The van der Waals surface area contributed by atoms with Crippen molar-refractivity contribution >= 4 is 29.3 Å². The molecule has 3 aliphatic rings. The van der Waals surface area contributed by atoms with E-state index in [9.17, 15) is 19.6 Å². The molecule has 4 rings (SSSR count). The lowest BCUT2D eigenvalue weighted by Gasteiger charge is -2.34. The fourth-order valence-electron chi connectivity index (χ4n) is 5.23. The molecule has 0 unspecified atom stereocenters. The highest BCUT2D eigenvalue weighted by atomic mass is 19.1. The number of quaternary nitrogens is 1. The molecule has 1 aliphatic carbocycles. The molecule has 1 aromatic rings. The maximum absolute atomic E-state index is 15.3. The molecule has 1 aromatic carbocycles. The molecule has 3 fully saturated rings. The zero-order valence-electron chi connectivity index (χ0n) is 20.6. The van der Waals surface area contributed by atoms with E-state index in [2.05, 4.69) is 16.8 Å². The third-order valence-electron chi connectivity index (χ3n) is 7.26. The first kappa shape index (κ1) is 25.6. The molecular weight excluding hydrogens is 465 g/mol. The Balaban J connectivity index is 1.40. The highest BCUT2D eigenvalue weighted by Gasteiger charge is 2.39. The number of nitriles is 1. The highest BCUT2D eigenvalue weighted by Crippen LogP contribution is 2.35. The van der Waals surface area contributed by atoms with Gasteiger partial charge in [0.15, 0.2) is 11.5 Å². The Kier molecular flexibility index (Phi) is 7.89. The van der Waals surface area contributed by atoms with E-state index in [1.807, 2.05) is 0 Å². The molecule has 10 heteroatoms. The second kappa shape index (κ2) is 11.1. The van der Waals surface area contributed by atoms with Gasteiger partial charge in [0.25, 0.3) is 0 Å². The molecule has 0 spiro atoms. The van der Waals surface area contributed by atoms with Gasteiger partial charge >= 0.3 is 12.3 Å². The summed E-state index contributed by atoms with van der Waals surface area (Å²) in [6.45, 7) is 2.47. The van der Waals surface area contributed by atoms with Crippen LogP contribution in [0.1, 0.15) is 51.9 Å². The first-order valence-electron chi connectivity index (χ1n) is 12.6. The topological polar surface area (TPSA) is 112 Å². The fraction of sp³-hybridized carbons (Fsp3) is 0.538. The third kappa shape index (κ3) is 5.85. The molecule has 3 amide bonds. The van der Waals surface area contributed by atoms with Gasteiger partial charge in [0.1, 0.15) is 19.2 Å². The van der Waals surface area contributed by atoms with Crippen LogP contribution in [-0.4, -0.2) is 56.2 Å². The lowest BCUT2D eigenvalue weighted by molar-refractivity contribution is -0.119. The van der Waals surface area contributed by atoms with Gasteiger partial charge in [-0.1, -0.05) is 24.8 Å². The van der Waals surface area contributed by atoms with Crippen LogP contribution in [0.25, 0.3) is 0 Å². The minimum atomic E-state index is -0.610. The van der Waals surface area contributed by atoms with Gasteiger partial charge in [-0.05, 0) is 18.9 Å². The van der Waals surface area contributed by atoms with Gasteiger partial charge in [0, 0.05) is 44.0 Å². The van der Waals surface area contributed by atoms with Gasteiger partial charge in [0.2, 0.25) is 11.8 Å². The minimum absolute atomic E-state index is 0.0845. The molecule has 2 saturated heterocycles. The Morgan fingerprint density at radius 1 is 1.25 bits per heavy atom. The molecule has 192 valence electrons. The maximum atomic E-state index is 15.3. The Bertz CT molecular complexity index is 1080. The molecule has 0 aromatic heterocycles. The summed E-state index contributed by atoms with van der Waals surface area (Å²) in [5.74, 6) is -0.886. The molecule has 9 nitrogen and oxygen atoms in total. The summed E-state index contributed by atoms with van der Waals surface area (Å²) in [5, 5.41) is 15.7. The number of halogens is 1. The number of likely N-dealkylation sites (tertiary alicyclic amines) is 1. The van der Waals surface area contributed by atoms with Gasteiger partial charge in [-0.25, -0.2) is 9.18 Å². The number of cyclic esters (lactones) is 1. The molecule has 2 heterocycles. The number of anilines is 1. The summed E-state index contributed by atoms with van der Waals surface area (Å²) in [6.07, 6.45) is 9.38. The van der Waals surface area contributed by atoms with Crippen molar-refractivity contribution in [3.05, 3.63) is 35.7 Å². The number of hydrogen-bond acceptors (Lipinski definition) is 5. The number of amides is 3. The van der Waals surface area contributed by atoms with Crippen LogP contribution in [0.15, 0.2) is 29.8 Å². The summed E-state index contributed by atoms with van der Waals surface area (Å²) in [5.41, 5.74) is 1.54. The summed E-state index contributed by atoms with van der Waals surface area (Å²) in [4.78, 5) is 37.1. The zero-order chi connectivity index (χ0) is 25.7. The summed E-state index contributed by atoms with van der Waals surface area (Å²) >= 11 is 0. The highest BCUT2D eigenvalue weighted by molar-refractivity contribution is 5.90. The fourth-order valence-corrected chi connectivity index (χ4v) is 5.23. The number of ether oxygens (including phenoxy) is 1. The Hall–Kier alpha value is -3.45. The molecule has 1 atom stereocenters. The van der Waals surface area contributed by atoms with Gasteiger partial charge in [-0.15, -0.1) is 5.26 Å². The molecule has 36 heavy (non-hydrogen) atoms. The van der Waals surface area contributed by atoms with E-state index < -0.39 is 18.0 Å². The monoisotopic (exact) mass is 498 g/mol. The average molecular weight is 499 g/mol. The Morgan fingerprint density at radius 2 is 1.97 bits per heavy atom. The molecule has 0 bridgehead atoms. The predicted molar refractivity (Wildman–Crippen MR) is 132 cm³/mol. The maximum Gasteiger partial charge on any atom is 0.414 e. The number of carbonyl (C=O) groups is 3. The van der Waals surface area contributed by atoms with E-state index in [0.717, 1.165) is 31.3 Å². The summed E-state index contributed by atoms with van der Waals surface area (Å²) < 4.78 is 20.3. The average Bonchev–Trinajstić information content (AvgIpc) is 3.24. The van der Waals surface area contributed by atoms with E-state index in [4.69, 9.17) is 4.74 Å². The molecule has 2 aliphatic heterocycles. The predicted octanol–water partition coefficient (Wildman–Crippen LogP) is 3.24. The number of nitrogens with zero attached hydrogens (tertiary/aromatic N) is 3. The smallest absolute Gasteiger partial charge is 0.414 e. The Labute approximate surface area is 210 Å². The summed E-state index contributed by atoms with van der Waals surface area (Å²) in [6, 6.07) is 4.65. The van der Waals surface area contributed by atoms with E-state index >= 15 is 4.39 Å². The second-order valence-electron chi connectivity index (χ2n) is 9.85. The number of rotatable bonds is 6. The first-order chi connectivity index (χ1) is 17.3.